The summed E-state index contributed by atoms with van der Waals surface area (Å²) in [6, 6.07) is 7.50. The molecule has 0 fully saturated rings. The third kappa shape index (κ3) is 1.75. The molecule has 3 rings (SSSR count). The molecule has 4 nitrogen and oxygen atoms in total. The summed E-state index contributed by atoms with van der Waals surface area (Å²) in [6.07, 6.45) is 4.49. The molecule has 0 amide bonds. The maximum Gasteiger partial charge on any atom is 0.281 e. The van der Waals surface area contributed by atoms with Crippen LogP contribution in [0.25, 0.3) is 10.9 Å². The first-order valence-electron chi connectivity index (χ1n) is 5.33. The third-order valence-corrected chi connectivity index (χ3v) is 2.61. The molecule has 0 unspecified atom stereocenters. The standard InChI is InChI=1S/C13H8FN3O/c14-10-2-4-11-9(7-10)1-3-12(16-11)13(18)17-6-5-15-8-17/h1-8H. The molecule has 2 heterocycles. The van der Waals surface area contributed by atoms with Crippen LogP contribution in [0.15, 0.2) is 49.1 Å². The van der Waals surface area contributed by atoms with Crippen molar-refractivity contribution in [2.24, 2.45) is 0 Å². The number of fused-ring (bicyclic) bond motifs is 1. The van der Waals surface area contributed by atoms with Crippen LogP contribution in [-0.2, 0) is 0 Å². The molecule has 88 valence electrons. The molecule has 3 aromatic rings. The molecule has 0 saturated carbocycles. The van der Waals surface area contributed by atoms with Crippen LogP contribution in [0.1, 0.15) is 10.5 Å². The number of pyridine rings is 1. The summed E-state index contributed by atoms with van der Waals surface area (Å²) in [4.78, 5) is 20.0. The van der Waals surface area contributed by atoms with Gasteiger partial charge in [-0.1, -0.05) is 6.07 Å². The average Bonchev–Trinajstić information content (AvgIpc) is 2.91. The Balaban J connectivity index is 2.09. The van der Waals surface area contributed by atoms with Crippen molar-refractivity contribution in [1.82, 2.24) is 14.5 Å². The van der Waals surface area contributed by atoms with Gasteiger partial charge >= 0.3 is 0 Å². The summed E-state index contributed by atoms with van der Waals surface area (Å²) >= 11 is 0. The van der Waals surface area contributed by atoms with Crippen LogP contribution in [0.4, 0.5) is 4.39 Å². The molecule has 0 aliphatic rings. The van der Waals surface area contributed by atoms with Gasteiger partial charge in [-0.2, -0.15) is 0 Å². The first-order chi connectivity index (χ1) is 8.74. The number of carbonyl (C=O) groups is 1. The minimum absolute atomic E-state index is 0.265. The number of carbonyl (C=O) groups excluding carboxylic acids is 1. The van der Waals surface area contributed by atoms with Crippen molar-refractivity contribution < 1.29 is 9.18 Å². The van der Waals surface area contributed by atoms with Gasteiger partial charge in [-0.25, -0.2) is 14.4 Å². The Labute approximate surface area is 102 Å². The first kappa shape index (κ1) is 10.6. The van der Waals surface area contributed by atoms with Crippen molar-refractivity contribution in [2.45, 2.75) is 0 Å². The van der Waals surface area contributed by atoms with Crippen molar-refractivity contribution in [2.75, 3.05) is 0 Å². The number of hydrogen-bond donors (Lipinski definition) is 0. The zero-order valence-corrected chi connectivity index (χ0v) is 9.25. The van der Waals surface area contributed by atoms with E-state index in [1.165, 1.54) is 29.2 Å². The molecule has 2 aromatic heterocycles. The monoisotopic (exact) mass is 241 g/mol. The van der Waals surface area contributed by atoms with E-state index in [0.717, 1.165) is 0 Å². The molecule has 0 radical (unpaired) electrons. The number of halogens is 1. The molecule has 0 bridgehead atoms. The summed E-state index contributed by atoms with van der Waals surface area (Å²) in [7, 11) is 0. The summed E-state index contributed by atoms with van der Waals surface area (Å²) < 4.78 is 14.4. The molecule has 1 aromatic carbocycles. The maximum atomic E-state index is 13.0. The van der Waals surface area contributed by atoms with Crippen molar-refractivity contribution in [1.29, 1.82) is 0 Å². The van der Waals surface area contributed by atoms with Gasteiger partial charge in [0.25, 0.3) is 5.91 Å². The van der Waals surface area contributed by atoms with Gasteiger partial charge < -0.3 is 0 Å². The Morgan fingerprint density at radius 2 is 2.11 bits per heavy atom. The van der Waals surface area contributed by atoms with E-state index in [4.69, 9.17) is 0 Å². The van der Waals surface area contributed by atoms with Gasteiger partial charge in [0.15, 0.2) is 0 Å². The molecule has 0 atom stereocenters. The third-order valence-electron chi connectivity index (χ3n) is 2.61. The number of aromatic nitrogens is 3. The lowest BCUT2D eigenvalue weighted by atomic mass is 10.2. The van der Waals surface area contributed by atoms with Gasteiger partial charge in [0.1, 0.15) is 17.8 Å². The predicted octanol–water partition coefficient (Wildman–Crippen LogP) is 2.26. The fourth-order valence-electron chi connectivity index (χ4n) is 1.73. The number of imidazole rings is 1. The molecular weight excluding hydrogens is 233 g/mol. The van der Waals surface area contributed by atoms with Gasteiger partial charge in [-0.15, -0.1) is 0 Å². The number of hydrogen-bond acceptors (Lipinski definition) is 3. The molecule has 0 aliphatic carbocycles. The van der Waals surface area contributed by atoms with Crippen LogP contribution in [0.3, 0.4) is 0 Å². The molecule has 5 heteroatoms. The predicted molar refractivity (Wildman–Crippen MR) is 63.7 cm³/mol. The highest BCUT2D eigenvalue weighted by Crippen LogP contribution is 2.14. The van der Waals surface area contributed by atoms with E-state index in [0.29, 0.717) is 16.6 Å². The second-order valence-electron chi connectivity index (χ2n) is 3.81. The molecule has 0 aliphatic heterocycles. The topological polar surface area (TPSA) is 47.8 Å². The highest BCUT2D eigenvalue weighted by Gasteiger charge is 2.10. The Bertz CT molecular complexity index is 722. The lowest BCUT2D eigenvalue weighted by molar-refractivity contribution is 0.0955. The second kappa shape index (κ2) is 4.03. The smallest absolute Gasteiger partial charge is 0.271 e. The van der Waals surface area contributed by atoms with Crippen molar-refractivity contribution in [3.63, 3.8) is 0 Å². The highest BCUT2D eigenvalue weighted by molar-refractivity contribution is 5.96. The zero-order valence-electron chi connectivity index (χ0n) is 9.25. The summed E-state index contributed by atoms with van der Waals surface area (Å²) in [6.45, 7) is 0. The van der Waals surface area contributed by atoms with E-state index < -0.39 is 0 Å². The van der Waals surface area contributed by atoms with Gasteiger partial charge in [-0.3, -0.25) is 9.36 Å². The van der Waals surface area contributed by atoms with E-state index in [-0.39, 0.29) is 11.7 Å². The van der Waals surface area contributed by atoms with E-state index in [2.05, 4.69) is 9.97 Å². The quantitative estimate of drug-likeness (QED) is 0.656. The van der Waals surface area contributed by atoms with Crippen molar-refractivity contribution in [3.05, 3.63) is 60.6 Å². The van der Waals surface area contributed by atoms with Crippen LogP contribution in [-0.4, -0.2) is 20.4 Å². The number of benzene rings is 1. The molecular formula is C13H8FN3O. The normalized spacial score (nSPS) is 10.7. The maximum absolute atomic E-state index is 13.0. The Morgan fingerprint density at radius 3 is 2.89 bits per heavy atom. The molecule has 0 N–H and O–H groups in total. The highest BCUT2D eigenvalue weighted by atomic mass is 19.1. The first-order valence-corrected chi connectivity index (χ1v) is 5.33. The Morgan fingerprint density at radius 1 is 1.22 bits per heavy atom. The SMILES string of the molecule is O=C(c1ccc2cc(F)ccc2n1)n1ccnc1. The zero-order chi connectivity index (χ0) is 12.5. The van der Waals surface area contributed by atoms with E-state index in [1.807, 2.05) is 0 Å². The van der Waals surface area contributed by atoms with Crippen LogP contribution < -0.4 is 0 Å². The van der Waals surface area contributed by atoms with Gasteiger partial charge in [-0.05, 0) is 24.3 Å². The fourth-order valence-corrected chi connectivity index (χ4v) is 1.73. The van der Waals surface area contributed by atoms with Crippen LogP contribution in [0, 0.1) is 5.82 Å². The Hall–Kier alpha value is -2.56. The summed E-state index contributed by atoms with van der Waals surface area (Å²) in [5, 5.41) is 0.664. The van der Waals surface area contributed by atoms with Gasteiger partial charge in [0.05, 0.1) is 5.52 Å². The number of rotatable bonds is 1. The lowest BCUT2D eigenvalue weighted by Crippen LogP contribution is -2.11. The minimum atomic E-state index is -0.321. The summed E-state index contributed by atoms with van der Waals surface area (Å²) in [5.74, 6) is -0.586. The molecule has 0 spiro atoms. The van der Waals surface area contributed by atoms with Crippen LogP contribution in [0.5, 0.6) is 0 Å². The van der Waals surface area contributed by atoms with Gasteiger partial charge in [0, 0.05) is 17.8 Å². The second-order valence-corrected chi connectivity index (χ2v) is 3.81. The van der Waals surface area contributed by atoms with E-state index in [9.17, 15) is 9.18 Å². The summed E-state index contributed by atoms with van der Waals surface area (Å²) in [5.41, 5.74) is 0.884. The largest absolute Gasteiger partial charge is 0.281 e. The molecule has 0 saturated heterocycles. The van der Waals surface area contributed by atoms with Crippen molar-refractivity contribution in [3.8, 4) is 0 Å². The van der Waals surface area contributed by atoms with E-state index in [1.54, 1.807) is 24.4 Å². The Kier molecular flexibility index (Phi) is 2.37. The van der Waals surface area contributed by atoms with Crippen LogP contribution >= 0.6 is 0 Å². The van der Waals surface area contributed by atoms with Crippen molar-refractivity contribution >= 4 is 16.8 Å². The lowest BCUT2D eigenvalue weighted by Gasteiger charge is -2.02. The van der Waals surface area contributed by atoms with Crippen LogP contribution in [0.2, 0.25) is 0 Å². The fraction of sp³-hybridized carbons (Fsp3) is 0. The average molecular weight is 241 g/mol. The molecule has 18 heavy (non-hydrogen) atoms. The number of nitrogens with zero attached hydrogens (tertiary/aromatic N) is 3. The van der Waals surface area contributed by atoms with Gasteiger partial charge in [0.2, 0.25) is 0 Å². The minimum Gasteiger partial charge on any atom is -0.271 e. The van der Waals surface area contributed by atoms with E-state index >= 15 is 0 Å².